The molecule has 1 aliphatic rings. The van der Waals surface area contributed by atoms with Crippen LogP contribution in [-0.4, -0.2) is 3.71 Å². The predicted octanol–water partition coefficient (Wildman–Crippen LogP) is 3.60. The van der Waals surface area contributed by atoms with Gasteiger partial charge in [0.15, 0.2) is 0 Å². The van der Waals surface area contributed by atoms with Crippen molar-refractivity contribution in [3.8, 4) is 11.1 Å². The molecule has 5 aromatic carbocycles. The van der Waals surface area contributed by atoms with Crippen LogP contribution >= 0.6 is 0 Å². The summed E-state index contributed by atoms with van der Waals surface area (Å²) in [7, 11) is 0. The molecule has 0 atom stereocenters. The molecule has 0 aliphatic heterocycles. The van der Waals surface area contributed by atoms with Crippen LogP contribution in [0.5, 0.6) is 0 Å². The molecule has 0 saturated carbocycles. The Bertz CT molecular complexity index is 1430. The van der Waals surface area contributed by atoms with E-state index in [1.54, 1.807) is 0 Å². The molecule has 0 spiro atoms. The summed E-state index contributed by atoms with van der Waals surface area (Å²) >= 11 is 1.46. The number of hydrogen-bond donors (Lipinski definition) is 0. The molecule has 0 N–H and O–H groups in total. The fraction of sp³-hybridized carbons (Fsp3) is 0.243. The summed E-state index contributed by atoms with van der Waals surface area (Å²) in [6.07, 6.45) is 1.03. The third-order valence-corrected chi connectivity index (χ3v) is 7.76. The van der Waals surface area contributed by atoms with Crippen LogP contribution in [0.4, 0.5) is 0 Å². The molecule has 0 bridgehead atoms. The Morgan fingerprint density at radius 2 is 1.38 bits per heavy atom. The fourth-order valence-corrected chi connectivity index (χ4v) is 5.34. The van der Waals surface area contributed by atoms with Gasteiger partial charge in [-0.25, -0.2) is 12.1 Å². The van der Waals surface area contributed by atoms with E-state index in [1.165, 1.54) is 74.0 Å². The van der Waals surface area contributed by atoms with E-state index in [1.807, 2.05) is 30.3 Å². The normalized spacial score (nSPS) is 11.4. The maximum atomic E-state index is 3.67. The molecular weight excluding hydrogens is 607 g/mol. The molecule has 0 unspecified atom stereocenters. The van der Waals surface area contributed by atoms with E-state index >= 15 is 0 Å². The number of rotatable bonds is 1. The average molecular weight is 645 g/mol. The van der Waals surface area contributed by atoms with Gasteiger partial charge in [0.05, 0.1) is 0 Å². The van der Waals surface area contributed by atoms with Gasteiger partial charge in [-0.05, 0) is 28.4 Å². The van der Waals surface area contributed by atoms with E-state index in [-0.39, 0.29) is 35.6 Å². The maximum absolute atomic E-state index is 3.67. The molecule has 0 heterocycles. The maximum Gasteiger partial charge on any atom is -0.172 e. The van der Waals surface area contributed by atoms with Crippen LogP contribution in [0.3, 0.4) is 0 Å². The molecule has 0 saturated heterocycles. The second kappa shape index (κ2) is 14.6. The molecule has 1 aliphatic carbocycles. The Hall–Kier alpha value is -2.18. The molecule has 3 heteroatoms. The van der Waals surface area contributed by atoms with E-state index in [2.05, 4.69) is 124 Å². The summed E-state index contributed by atoms with van der Waals surface area (Å²) in [5.74, 6) is 0. The molecule has 0 aromatic heterocycles. The van der Waals surface area contributed by atoms with Gasteiger partial charge in [-0.2, -0.15) is 42.0 Å². The summed E-state index contributed by atoms with van der Waals surface area (Å²) in [6, 6.07) is 40.1. The topological polar surface area (TPSA) is 0 Å². The first kappa shape index (κ1) is 34.0. The monoisotopic (exact) mass is 642 g/mol. The Kier molecular flexibility index (Phi) is 12.4. The standard InChI is InChI=1S/C21H25.C11H8.C5H5.2ClH.Zr/c1-20(2,3)16-7-9-18-14(12-16)11-15-13-17(21(4,5)6)8-10-19(15)18;1-9-5-4-7-10-6-2-3-8-11(9)10;1-2-4-5-3-1;;;/h7-10,12H,11H2,1-6H3;1-8H;1-5H;2*1H;/q-1;;-1;;;+2/p-2. The molecule has 0 fully saturated rings. The second-order valence-corrected chi connectivity index (χ2v) is 12.7. The van der Waals surface area contributed by atoms with Crippen molar-refractivity contribution in [1.29, 1.82) is 0 Å². The SMILES string of the molecule is CC(C)(C)c1[c-]c2c(cc1)-c1ccc(C(C)(C)C)cc1C2.[Cl-].[Cl-].[Zr+2]=[CH]c1cccc2ccccc12.c1cc[cH-]c1. The first-order valence-corrected chi connectivity index (χ1v) is 14.8. The third-order valence-electron chi connectivity index (χ3n) is 7.00. The van der Waals surface area contributed by atoms with Gasteiger partial charge in [-0.1, -0.05) is 65.3 Å². The van der Waals surface area contributed by atoms with Crippen molar-refractivity contribution < 1.29 is 49.0 Å². The average Bonchev–Trinajstić information content (AvgIpc) is 3.59. The van der Waals surface area contributed by atoms with E-state index < -0.39 is 0 Å². The molecular formula is C37H38Cl2Zr-2. The fourth-order valence-electron chi connectivity index (χ4n) is 4.72. The summed E-state index contributed by atoms with van der Waals surface area (Å²) in [5.41, 5.74) is 10.1. The number of fused-ring (bicyclic) bond motifs is 4. The van der Waals surface area contributed by atoms with E-state index in [9.17, 15) is 0 Å². The van der Waals surface area contributed by atoms with Crippen LogP contribution < -0.4 is 24.8 Å². The van der Waals surface area contributed by atoms with Crippen LogP contribution in [0.15, 0.2) is 103 Å². The van der Waals surface area contributed by atoms with Gasteiger partial charge in [0.25, 0.3) is 0 Å². The zero-order valence-corrected chi connectivity index (χ0v) is 28.3. The molecule has 6 rings (SSSR count). The number of hydrogen-bond acceptors (Lipinski definition) is 0. The zero-order valence-electron chi connectivity index (χ0n) is 24.4. The van der Waals surface area contributed by atoms with Crippen molar-refractivity contribution in [3.63, 3.8) is 0 Å². The summed E-state index contributed by atoms with van der Waals surface area (Å²) < 4.78 is 2.23. The third kappa shape index (κ3) is 8.42. The van der Waals surface area contributed by atoms with Crippen LogP contribution in [-0.2, 0) is 41.5 Å². The Morgan fingerprint density at radius 3 is 1.98 bits per heavy atom. The minimum absolute atomic E-state index is 0. The van der Waals surface area contributed by atoms with Crippen molar-refractivity contribution in [2.45, 2.75) is 58.8 Å². The van der Waals surface area contributed by atoms with Crippen molar-refractivity contribution in [1.82, 2.24) is 0 Å². The van der Waals surface area contributed by atoms with Crippen molar-refractivity contribution >= 4 is 14.5 Å². The Balaban J connectivity index is 0.000000248. The van der Waals surface area contributed by atoms with E-state index in [4.69, 9.17) is 0 Å². The zero-order chi connectivity index (χ0) is 27.3. The minimum atomic E-state index is 0. The van der Waals surface area contributed by atoms with Gasteiger partial charge in [0, 0.05) is 0 Å². The van der Waals surface area contributed by atoms with Crippen LogP contribution in [0.1, 0.15) is 69.4 Å². The number of benzene rings is 4. The summed E-state index contributed by atoms with van der Waals surface area (Å²) in [5, 5.41) is 2.69. The first-order chi connectivity index (χ1) is 18.1. The van der Waals surface area contributed by atoms with Gasteiger partial charge in [-0.15, -0.1) is 11.1 Å². The molecule has 0 radical (unpaired) electrons. The van der Waals surface area contributed by atoms with Gasteiger partial charge >= 0.3 is 86.7 Å². The van der Waals surface area contributed by atoms with Gasteiger partial charge in [0.2, 0.25) is 0 Å². The molecule has 5 aromatic rings. The quantitative estimate of drug-likeness (QED) is 0.240. The van der Waals surface area contributed by atoms with Crippen LogP contribution in [0.2, 0.25) is 0 Å². The van der Waals surface area contributed by atoms with Crippen molar-refractivity contribution in [3.05, 3.63) is 137 Å². The largest absolute Gasteiger partial charge is 0.214 e. The molecule has 206 valence electrons. The minimum Gasteiger partial charge on any atom is -0.214 e. The van der Waals surface area contributed by atoms with Crippen molar-refractivity contribution in [2.75, 3.05) is 0 Å². The summed E-state index contributed by atoms with van der Waals surface area (Å²) in [4.78, 5) is 0. The van der Waals surface area contributed by atoms with Crippen LogP contribution in [0.25, 0.3) is 21.9 Å². The van der Waals surface area contributed by atoms with Gasteiger partial charge in [0.1, 0.15) is 0 Å². The van der Waals surface area contributed by atoms with E-state index in [0.717, 1.165) is 6.42 Å². The van der Waals surface area contributed by atoms with Crippen molar-refractivity contribution in [2.24, 2.45) is 0 Å². The smallest absolute Gasteiger partial charge is 0.172 e. The van der Waals surface area contributed by atoms with Gasteiger partial charge in [-0.3, -0.25) is 0 Å². The van der Waals surface area contributed by atoms with E-state index in [0.29, 0.717) is 0 Å². The van der Waals surface area contributed by atoms with Gasteiger partial charge < -0.3 is 24.8 Å². The Morgan fingerprint density at radius 1 is 0.725 bits per heavy atom. The predicted molar refractivity (Wildman–Crippen MR) is 162 cm³/mol. The molecule has 0 nitrogen and oxygen atoms in total. The molecule has 40 heavy (non-hydrogen) atoms. The first-order valence-electron chi connectivity index (χ1n) is 13.4. The van der Waals surface area contributed by atoms with Crippen LogP contribution in [0, 0.1) is 6.07 Å². The number of halogens is 2. The summed E-state index contributed by atoms with van der Waals surface area (Å²) in [6.45, 7) is 13.6. The Labute approximate surface area is 268 Å². The molecule has 0 amide bonds. The second-order valence-electron chi connectivity index (χ2n) is 12.0.